The molecule has 5 heteroatoms. The highest BCUT2D eigenvalue weighted by Crippen LogP contribution is 2.03. The highest BCUT2D eigenvalue weighted by Gasteiger charge is 1.96. The van der Waals surface area contributed by atoms with Crippen LogP contribution in [0.2, 0.25) is 0 Å². The van der Waals surface area contributed by atoms with Crippen molar-refractivity contribution in [3.05, 3.63) is 18.1 Å². The fourth-order valence-corrected chi connectivity index (χ4v) is 0.744. The van der Waals surface area contributed by atoms with E-state index in [2.05, 4.69) is 9.97 Å². The molecule has 0 amide bonds. The third-order valence-electron chi connectivity index (χ3n) is 1.26. The molecule has 2 N–H and O–H groups in total. The fourth-order valence-electron chi connectivity index (χ4n) is 0.744. The third-order valence-corrected chi connectivity index (χ3v) is 1.26. The Morgan fingerprint density at radius 2 is 2.33 bits per heavy atom. The summed E-state index contributed by atoms with van der Waals surface area (Å²) in [6.45, 7) is 0.563. The summed E-state index contributed by atoms with van der Waals surface area (Å²) < 4.78 is 4.91. The van der Waals surface area contributed by atoms with Crippen LogP contribution in [-0.4, -0.2) is 23.6 Å². The van der Waals surface area contributed by atoms with E-state index in [0.717, 1.165) is 5.82 Å². The quantitative estimate of drug-likeness (QED) is 0.748. The van der Waals surface area contributed by atoms with Crippen molar-refractivity contribution in [3.63, 3.8) is 0 Å². The van der Waals surface area contributed by atoms with E-state index in [4.69, 9.17) is 10.5 Å². The summed E-state index contributed by atoms with van der Waals surface area (Å²) in [6, 6.07) is 1.71. The maximum absolute atomic E-state index is 5.33. The molecule has 0 radical (unpaired) electrons. The van der Waals surface area contributed by atoms with Crippen LogP contribution in [0.25, 0.3) is 0 Å². The molecule has 0 aromatic carbocycles. The second-order valence-corrected chi connectivity index (χ2v) is 2.05. The van der Waals surface area contributed by atoms with Crippen molar-refractivity contribution >= 4 is 12.4 Å². The van der Waals surface area contributed by atoms with Crippen LogP contribution in [0.15, 0.2) is 12.3 Å². The van der Waals surface area contributed by atoms with Crippen molar-refractivity contribution in [1.82, 2.24) is 9.97 Å². The van der Waals surface area contributed by atoms with Crippen molar-refractivity contribution in [1.29, 1.82) is 0 Å². The lowest BCUT2D eigenvalue weighted by molar-refractivity contribution is 0.394. The lowest BCUT2D eigenvalue weighted by atomic mass is 10.4. The molecule has 0 aliphatic carbocycles. The summed E-state index contributed by atoms with van der Waals surface area (Å²) in [4.78, 5) is 8.07. The third kappa shape index (κ3) is 3.02. The minimum absolute atomic E-state index is 0. The van der Waals surface area contributed by atoms with Gasteiger partial charge in [0.2, 0.25) is 5.88 Å². The minimum atomic E-state index is 0. The Hall–Kier alpha value is -0.870. The van der Waals surface area contributed by atoms with Gasteiger partial charge >= 0.3 is 0 Å². The molecule has 0 saturated heterocycles. The number of ether oxygens (including phenoxy) is 1. The molecule has 0 unspecified atom stereocenters. The van der Waals surface area contributed by atoms with Gasteiger partial charge in [0.1, 0.15) is 5.82 Å². The second kappa shape index (κ2) is 5.74. The second-order valence-electron chi connectivity index (χ2n) is 2.05. The van der Waals surface area contributed by atoms with Crippen LogP contribution in [0.1, 0.15) is 5.82 Å². The average Bonchev–Trinajstić information content (AvgIpc) is 2.06. The molecule has 0 aliphatic heterocycles. The normalized spacial score (nSPS) is 8.83. The molecule has 4 nitrogen and oxygen atoms in total. The summed E-state index contributed by atoms with van der Waals surface area (Å²) in [5, 5.41) is 0. The van der Waals surface area contributed by atoms with Crippen molar-refractivity contribution < 1.29 is 4.74 Å². The number of methoxy groups -OCH3 is 1. The molecular formula is C7H12ClN3O. The van der Waals surface area contributed by atoms with Gasteiger partial charge in [-0.25, -0.2) is 4.98 Å². The molecule has 0 spiro atoms. The predicted molar refractivity (Wildman–Crippen MR) is 48.6 cm³/mol. The fraction of sp³-hybridized carbons (Fsp3) is 0.429. The Morgan fingerprint density at radius 1 is 1.58 bits per heavy atom. The van der Waals surface area contributed by atoms with Gasteiger partial charge in [-0.3, -0.25) is 0 Å². The summed E-state index contributed by atoms with van der Waals surface area (Å²) in [6.07, 6.45) is 2.36. The van der Waals surface area contributed by atoms with Gasteiger partial charge in [0.05, 0.1) is 7.11 Å². The van der Waals surface area contributed by atoms with Gasteiger partial charge in [-0.2, -0.15) is 4.98 Å². The zero-order valence-electron chi connectivity index (χ0n) is 6.86. The first kappa shape index (κ1) is 11.1. The Kier molecular flexibility index (Phi) is 5.32. The van der Waals surface area contributed by atoms with Crippen molar-refractivity contribution in [3.8, 4) is 5.88 Å². The van der Waals surface area contributed by atoms with Gasteiger partial charge in [0, 0.05) is 18.7 Å². The molecule has 1 aromatic heterocycles. The van der Waals surface area contributed by atoms with Crippen molar-refractivity contribution in [2.24, 2.45) is 5.73 Å². The number of hydrogen-bond acceptors (Lipinski definition) is 4. The van der Waals surface area contributed by atoms with Crippen molar-refractivity contribution in [2.75, 3.05) is 13.7 Å². The number of rotatable bonds is 3. The van der Waals surface area contributed by atoms with E-state index in [1.54, 1.807) is 19.4 Å². The zero-order chi connectivity index (χ0) is 8.10. The number of hydrogen-bond donors (Lipinski definition) is 1. The first-order valence-electron chi connectivity index (χ1n) is 3.43. The van der Waals surface area contributed by atoms with Gasteiger partial charge in [-0.1, -0.05) is 0 Å². The Bertz CT molecular complexity index is 232. The van der Waals surface area contributed by atoms with E-state index < -0.39 is 0 Å². The average molecular weight is 190 g/mol. The topological polar surface area (TPSA) is 61.0 Å². The van der Waals surface area contributed by atoms with E-state index in [9.17, 15) is 0 Å². The molecule has 1 aromatic rings. The molecule has 68 valence electrons. The number of nitrogens with zero attached hydrogens (tertiary/aromatic N) is 2. The molecule has 12 heavy (non-hydrogen) atoms. The highest BCUT2D eigenvalue weighted by molar-refractivity contribution is 5.85. The maximum atomic E-state index is 5.33. The van der Waals surface area contributed by atoms with E-state index in [1.807, 2.05) is 0 Å². The number of aromatic nitrogens is 2. The largest absolute Gasteiger partial charge is 0.481 e. The molecule has 1 heterocycles. The molecule has 0 atom stereocenters. The Balaban J connectivity index is 0.00000121. The molecule has 0 saturated carbocycles. The summed E-state index contributed by atoms with van der Waals surface area (Å²) in [5.41, 5.74) is 5.33. The molecule has 0 aliphatic rings. The minimum Gasteiger partial charge on any atom is -0.481 e. The van der Waals surface area contributed by atoms with Crippen LogP contribution in [0.4, 0.5) is 0 Å². The first-order chi connectivity index (χ1) is 5.36. The number of nitrogens with two attached hydrogens (primary N) is 1. The molecule has 0 bridgehead atoms. The Morgan fingerprint density at radius 3 is 2.92 bits per heavy atom. The van der Waals surface area contributed by atoms with Crippen LogP contribution < -0.4 is 10.5 Å². The van der Waals surface area contributed by atoms with Crippen molar-refractivity contribution in [2.45, 2.75) is 6.42 Å². The van der Waals surface area contributed by atoms with E-state index in [1.165, 1.54) is 0 Å². The molecular weight excluding hydrogens is 178 g/mol. The van der Waals surface area contributed by atoms with Crippen LogP contribution in [0.5, 0.6) is 5.88 Å². The molecule has 1 rings (SSSR count). The van der Waals surface area contributed by atoms with E-state index in [-0.39, 0.29) is 12.4 Å². The highest BCUT2D eigenvalue weighted by atomic mass is 35.5. The van der Waals surface area contributed by atoms with Crippen LogP contribution in [0, 0.1) is 0 Å². The standard InChI is InChI=1S/C7H11N3O.ClH/c1-11-7-3-5-9-6(10-7)2-4-8;/h3,5H,2,4,8H2,1H3;1H. The first-order valence-corrected chi connectivity index (χ1v) is 3.43. The van der Waals surface area contributed by atoms with Gasteiger partial charge in [0.25, 0.3) is 0 Å². The van der Waals surface area contributed by atoms with Gasteiger partial charge in [-0.15, -0.1) is 12.4 Å². The van der Waals surface area contributed by atoms with E-state index in [0.29, 0.717) is 18.8 Å². The smallest absolute Gasteiger partial charge is 0.216 e. The lowest BCUT2D eigenvalue weighted by Gasteiger charge is -1.99. The summed E-state index contributed by atoms with van der Waals surface area (Å²) in [5.74, 6) is 1.32. The lowest BCUT2D eigenvalue weighted by Crippen LogP contribution is -2.06. The predicted octanol–water partition coefficient (Wildman–Crippen LogP) is 0.408. The summed E-state index contributed by atoms with van der Waals surface area (Å²) >= 11 is 0. The molecule has 0 fully saturated rings. The zero-order valence-corrected chi connectivity index (χ0v) is 7.67. The number of halogens is 1. The maximum Gasteiger partial charge on any atom is 0.216 e. The van der Waals surface area contributed by atoms with Crippen LogP contribution in [0.3, 0.4) is 0 Å². The van der Waals surface area contributed by atoms with Crippen LogP contribution in [-0.2, 0) is 6.42 Å². The summed E-state index contributed by atoms with van der Waals surface area (Å²) in [7, 11) is 1.58. The van der Waals surface area contributed by atoms with Crippen LogP contribution >= 0.6 is 12.4 Å². The SMILES string of the molecule is COc1ccnc(CCN)n1.Cl. The van der Waals surface area contributed by atoms with Gasteiger partial charge in [0.15, 0.2) is 0 Å². The monoisotopic (exact) mass is 189 g/mol. The Labute approximate surface area is 77.6 Å². The van der Waals surface area contributed by atoms with E-state index >= 15 is 0 Å². The van der Waals surface area contributed by atoms with Gasteiger partial charge in [-0.05, 0) is 6.54 Å². The van der Waals surface area contributed by atoms with Gasteiger partial charge < -0.3 is 10.5 Å².